The van der Waals surface area contributed by atoms with Crippen molar-refractivity contribution in [1.29, 1.82) is 0 Å². The Morgan fingerprint density at radius 2 is 2.05 bits per heavy atom. The second-order valence-electron chi connectivity index (χ2n) is 5.68. The number of hydrogen-bond donors (Lipinski definition) is 0. The molecule has 0 aliphatic carbocycles. The van der Waals surface area contributed by atoms with Gasteiger partial charge in [-0.25, -0.2) is 0 Å². The molecule has 3 nitrogen and oxygen atoms in total. The van der Waals surface area contributed by atoms with Crippen LogP contribution >= 0.6 is 0 Å². The van der Waals surface area contributed by atoms with E-state index in [2.05, 4.69) is 18.7 Å². The van der Waals surface area contributed by atoms with E-state index in [4.69, 9.17) is 4.74 Å². The smallest absolute Gasteiger partial charge is 0.176 e. The molecule has 1 aliphatic rings. The summed E-state index contributed by atoms with van der Waals surface area (Å²) in [6, 6.07) is 7.37. The molecule has 0 radical (unpaired) electrons. The van der Waals surface area contributed by atoms with Crippen molar-refractivity contribution >= 4 is 5.78 Å². The van der Waals surface area contributed by atoms with Crippen LogP contribution in [0.5, 0.6) is 5.75 Å². The van der Waals surface area contributed by atoms with Crippen LogP contribution in [0.3, 0.4) is 0 Å². The van der Waals surface area contributed by atoms with Gasteiger partial charge in [0.25, 0.3) is 0 Å². The first-order chi connectivity index (χ1) is 9.10. The SMILES string of the molecule is COc1ccc(C(=O)CN2CCC(C(C)C)C2)cc1. The number of carbonyl (C=O) groups excluding carboxylic acids is 1. The van der Waals surface area contributed by atoms with Gasteiger partial charge in [0.05, 0.1) is 13.7 Å². The summed E-state index contributed by atoms with van der Waals surface area (Å²) in [5.74, 6) is 2.44. The van der Waals surface area contributed by atoms with Gasteiger partial charge in [0.2, 0.25) is 0 Å². The normalized spacial score (nSPS) is 19.9. The number of Topliss-reactive ketones (excluding diaryl/α,β-unsaturated/α-hetero) is 1. The average molecular weight is 261 g/mol. The van der Waals surface area contributed by atoms with E-state index < -0.39 is 0 Å². The van der Waals surface area contributed by atoms with Gasteiger partial charge in [-0.2, -0.15) is 0 Å². The van der Waals surface area contributed by atoms with Crippen LogP contribution in [0.25, 0.3) is 0 Å². The highest BCUT2D eigenvalue weighted by atomic mass is 16.5. The van der Waals surface area contributed by atoms with Gasteiger partial charge in [0.1, 0.15) is 5.75 Å². The summed E-state index contributed by atoms with van der Waals surface area (Å²) >= 11 is 0. The number of methoxy groups -OCH3 is 1. The fraction of sp³-hybridized carbons (Fsp3) is 0.562. The molecular weight excluding hydrogens is 238 g/mol. The molecule has 3 heteroatoms. The van der Waals surface area contributed by atoms with E-state index in [0.717, 1.165) is 30.3 Å². The zero-order chi connectivity index (χ0) is 13.8. The Morgan fingerprint density at radius 1 is 1.37 bits per heavy atom. The van der Waals surface area contributed by atoms with Crippen molar-refractivity contribution in [3.63, 3.8) is 0 Å². The second-order valence-corrected chi connectivity index (χ2v) is 5.68. The molecule has 104 valence electrons. The maximum absolute atomic E-state index is 12.2. The largest absolute Gasteiger partial charge is 0.497 e. The van der Waals surface area contributed by atoms with E-state index in [9.17, 15) is 4.79 Å². The Morgan fingerprint density at radius 3 is 2.58 bits per heavy atom. The standard InChI is InChI=1S/C16H23NO2/c1-12(2)14-8-9-17(10-14)11-16(18)13-4-6-15(19-3)7-5-13/h4-7,12,14H,8-11H2,1-3H3. The topological polar surface area (TPSA) is 29.5 Å². The molecule has 0 saturated carbocycles. The predicted molar refractivity (Wildman–Crippen MR) is 76.7 cm³/mol. The first kappa shape index (κ1) is 14.1. The lowest BCUT2D eigenvalue weighted by Gasteiger charge is -2.17. The van der Waals surface area contributed by atoms with Gasteiger partial charge in [-0.3, -0.25) is 9.69 Å². The Hall–Kier alpha value is -1.35. The second kappa shape index (κ2) is 6.20. The van der Waals surface area contributed by atoms with Gasteiger partial charge in [-0.15, -0.1) is 0 Å². The van der Waals surface area contributed by atoms with Crippen molar-refractivity contribution in [3.8, 4) is 5.75 Å². The zero-order valence-corrected chi connectivity index (χ0v) is 12.1. The summed E-state index contributed by atoms with van der Waals surface area (Å²) in [7, 11) is 1.63. The Bertz CT molecular complexity index is 425. The molecule has 1 unspecified atom stereocenters. The van der Waals surface area contributed by atoms with E-state index in [1.807, 2.05) is 24.3 Å². The maximum Gasteiger partial charge on any atom is 0.176 e. The first-order valence-electron chi connectivity index (χ1n) is 6.99. The molecule has 1 aromatic rings. The number of carbonyl (C=O) groups is 1. The zero-order valence-electron chi connectivity index (χ0n) is 12.1. The van der Waals surface area contributed by atoms with Crippen LogP contribution in [0.15, 0.2) is 24.3 Å². The number of hydrogen-bond acceptors (Lipinski definition) is 3. The molecule has 0 amide bonds. The molecule has 1 aromatic carbocycles. The van der Waals surface area contributed by atoms with Crippen molar-refractivity contribution in [2.75, 3.05) is 26.7 Å². The van der Waals surface area contributed by atoms with Crippen molar-refractivity contribution in [2.24, 2.45) is 11.8 Å². The lowest BCUT2D eigenvalue weighted by atomic mass is 9.95. The Kier molecular flexibility index (Phi) is 4.59. The summed E-state index contributed by atoms with van der Waals surface area (Å²) in [4.78, 5) is 14.5. The van der Waals surface area contributed by atoms with Gasteiger partial charge in [0, 0.05) is 12.1 Å². The van der Waals surface area contributed by atoms with Crippen LogP contribution < -0.4 is 4.74 Å². The van der Waals surface area contributed by atoms with Crippen molar-refractivity contribution < 1.29 is 9.53 Å². The number of benzene rings is 1. The van der Waals surface area contributed by atoms with Crippen LogP contribution in [0.2, 0.25) is 0 Å². The molecular formula is C16H23NO2. The lowest BCUT2D eigenvalue weighted by molar-refractivity contribution is 0.0942. The number of ketones is 1. The van der Waals surface area contributed by atoms with E-state index in [1.54, 1.807) is 7.11 Å². The van der Waals surface area contributed by atoms with Crippen molar-refractivity contribution in [3.05, 3.63) is 29.8 Å². The molecule has 1 heterocycles. The fourth-order valence-electron chi connectivity index (χ4n) is 2.62. The van der Waals surface area contributed by atoms with Crippen LogP contribution in [0, 0.1) is 11.8 Å². The van der Waals surface area contributed by atoms with Gasteiger partial charge in [-0.1, -0.05) is 13.8 Å². The lowest BCUT2D eigenvalue weighted by Crippen LogP contribution is -2.28. The van der Waals surface area contributed by atoms with E-state index in [-0.39, 0.29) is 5.78 Å². The molecule has 1 saturated heterocycles. The molecule has 1 aliphatic heterocycles. The maximum atomic E-state index is 12.2. The highest BCUT2D eigenvalue weighted by molar-refractivity contribution is 5.97. The molecule has 1 fully saturated rings. The monoisotopic (exact) mass is 261 g/mol. The Balaban J connectivity index is 1.90. The molecule has 19 heavy (non-hydrogen) atoms. The molecule has 0 bridgehead atoms. The van der Waals surface area contributed by atoms with Crippen LogP contribution in [0.1, 0.15) is 30.6 Å². The van der Waals surface area contributed by atoms with E-state index in [0.29, 0.717) is 12.5 Å². The van der Waals surface area contributed by atoms with Gasteiger partial charge < -0.3 is 4.74 Å². The minimum Gasteiger partial charge on any atom is -0.497 e. The summed E-state index contributed by atoms with van der Waals surface area (Å²) in [6.07, 6.45) is 1.22. The molecule has 1 atom stereocenters. The minimum atomic E-state index is 0.201. The number of likely N-dealkylation sites (tertiary alicyclic amines) is 1. The summed E-state index contributed by atoms with van der Waals surface area (Å²) < 4.78 is 5.10. The third-order valence-electron chi connectivity index (χ3n) is 4.03. The molecule has 0 spiro atoms. The van der Waals surface area contributed by atoms with Crippen molar-refractivity contribution in [2.45, 2.75) is 20.3 Å². The number of rotatable bonds is 5. The third kappa shape index (κ3) is 3.57. The van der Waals surface area contributed by atoms with Gasteiger partial charge in [-0.05, 0) is 49.1 Å². The van der Waals surface area contributed by atoms with E-state index in [1.165, 1.54) is 6.42 Å². The molecule has 0 aromatic heterocycles. The van der Waals surface area contributed by atoms with Crippen LogP contribution in [-0.2, 0) is 0 Å². The van der Waals surface area contributed by atoms with Crippen LogP contribution in [0.4, 0.5) is 0 Å². The molecule has 0 N–H and O–H groups in total. The summed E-state index contributed by atoms with van der Waals surface area (Å²) in [5, 5.41) is 0. The molecule has 2 rings (SSSR count). The Labute approximate surface area is 115 Å². The fourth-order valence-corrected chi connectivity index (χ4v) is 2.62. The van der Waals surface area contributed by atoms with Gasteiger partial charge in [0.15, 0.2) is 5.78 Å². The summed E-state index contributed by atoms with van der Waals surface area (Å²) in [5.41, 5.74) is 0.772. The quantitative estimate of drug-likeness (QED) is 0.763. The van der Waals surface area contributed by atoms with E-state index >= 15 is 0 Å². The van der Waals surface area contributed by atoms with Crippen LogP contribution in [-0.4, -0.2) is 37.4 Å². The highest BCUT2D eigenvalue weighted by Gasteiger charge is 2.26. The highest BCUT2D eigenvalue weighted by Crippen LogP contribution is 2.23. The average Bonchev–Trinajstić information content (AvgIpc) is 2.87. The minimum absolute atomic E-state index is 0.201. The first-order valence-corrected chi connectivity index (χ1v) is 6.99. The van der Waals surface area contributed by atoms with Gasteiger partial charge >= 0.3 is 0 Å². The predicted octanol–water partition coefficient (Wildman–Crippen LogP) is 2.86. The van der Waals surface area contributed by atoms with Crippen molar-refractivity contribution in [1.82, 2.24) is 4.90 Å². The number of ether oxygens (including phenoxy) is 1. The summed E-state index contributed by atoms with van der Waals surface area (Å²) in [6.45, 7) is 7.17. The number of nitrogens with zero attached hydrogens (tertiary/aromatic N) is 1. The third-order valence-corrected chi connectivity index (χ3v) is 4.03.